The molecule has 0 fully saturated rings. The van der Waals surface area contributed by atoms with E-state index in [1.807, 2.05) is 47.2 Å². The average Bonchev–Trinajstić information content (AvgIpc) is 3.37. The summed E-state index contributed by atoms with van der Waals surface area (Å²) in [5.41, 5.74) is 4.77. The molecule has 29 heavy (non-hydrogen) atoms. The van der Waals surface area contributed by atoms with Gasteiger partial charge in [-0.05, 0) is 41.0 Å². The Morgan fingerprint density at radius 3 is 2.69 bits per heavy atom. The lowest BCUT2D eigenvalue weighted by Crippen LogP contribution is -2.23. The van der Waals surface area contributed by atoms with Crippen LogP contribution in [0.5, 0.6) is 0 Å². The third-order valence-electron chi connectivity index (χ3n) is 4.98. The van der Waals surface area contributed by atoms with Crippen molar-refractivity contribution in [3.8, 4) is 22.6 Å². The van der Waals surface area contributed by atoms with Crippen molar-refractivity contribution in [2.24, 2.45) is 7.05 Å². The summed E-state index contributed by atoms with van der Waals surface area (Å²) in [6.07, 6.45) is 6.78. The van der Waals surface area contributed by atoms with Crippen molar-refractivity contribution in [3.05, 3.63) is 70.5 Å². The number of imidazole rings is 1. The van der Waals surface area contributed by atoms with Crippen LogP contribution in [0.2, 0.25) is 0 Å². The molecular formula is C21H23N7O. The zero-order valence-electron chi connectivity index (χ0n) is 16.5. The van der Waals surface area contributed by atoms with Gasteiger partial charge in [0.15, 0.2) is 5.82 Å². The Hall–Kier alpha value is -3.55. The zero-order valence-corrected chi connectivity index (χ0v) is 16.5. The number of nitrogens with zero attached hydrogens (tertiary/aromatic N) is 6. The maximum Gasteiger partial charge on any atom is 0.328 e. The lowest BCUT2D eigenvalue weighted by Gasteiger charge is -2.09. The van der Waals surface area contributed by atoms with Gasteiger partial charge in [0, 0.05) is 36.3 Å². The molecule has 4 aromatic rings. The van der Waals surface area contributed by atoms with Gasteiger partial charge in [-0.15, -0.1) is 5.10 Å². The minimum Gasteiger partial charge on any atom is -0.302 e. The van der Waals surface area contributed by atoms with Crippen LogP contribution in [0.4, 0.5) is 0 Å². The quantitative estimate of drug-likeness (QED) is 0.524. The van der Waals surface area contributed by atoms with Crippen molar-refractivity contribution in [1.82, 2.24) is 34.7 Å². The SMILES string of the molecule is CCCCc1cn(C)c(=O)n1Cc1ccc(-c2ncccc2-c2nnn[nH]2)cc1. The molecule has 8 heteroatoms. The van der Waals surface area contributed by atoms with Gasteiger partial charge in [-0.1, -0.05) is 37.6 Å². The van der Waals surface area contributed by atoms with Crippen LogP contribution in [0.25, 0.3) is 22.6 Å². The number of hydrogen-bond acceptors (Lipinski definition) is 5. The van der Waals surface area contributed by atoms with Gasteiger partial charge in [0.1, 0.15) is 0 Å². The summed E-state index contributed by atoms with van der Waals surface area (Å²) in [6, 6.07) is 11.9. The van der Waals surface area contributed by atoms with Crippen LogP contribution in [0.3, 0.4) is 0 Å². The molecule has 1 N–H and O–H groups in total. The predicted octanol–water partition coefficient (Wildman–Crippen LogP) is 2.82. The summed E-state index contributed by atoms with van der Waals surface area (Å²) in [7, 11) is 1.80. The fourth-order valence-corrected chi connectivity index (χ4v) is 3.44. The topological polar surface area (TPSA) is 94.3 Å². The summed E-state index contributed by atoms with van der Waals surface area (Å²) in [6.45, 7) is 2.71. The third kappa shape index (κ3) is 3.87. The van der Waals surface area contributed by atoms with E-state index in [1.165, 1.54) is 0 Å². The molecule has 3 aromatic heterocycles. The Morgan fingerprint density at radius 1 is 1.14 bits per heavy atom. The molecule has 0 aliphatic carbocycles. The van der Waals surface area contributed by atoms with E-state index in [0.29, 0.717) is 12.4 Å². The molecule has 4 rings (SSSR count). The number of nitrogens with one attached hydrogen (secondary N) is 1. The first-order chi connectivity index (χ1) is 14.2. The van der Waals surface area contributed by atoms with Crippen LogP contribution in [0.15, 0.2) is 53.6 Å². The van der Waals surface area contributed by atoms with Gasteiger partial charge < -0.3 is 4.57 Å². The van der Waals surface area contributed by atoms with Crippen LogP contribution >= 0.6 is 0 Å². The fourth-order valence-electron chi connectivity index (χ4n) is 3.44. The van der Waals surface area contributed by atoms with Gasteiger partial charge in [-0.2, -0.15) is 0 Å². The lowest BCUT2D eigenvalue weighted by atomic mass is 10.0. The Labute approximate surface area is 168 Å². The van der Waals surface area contributed by atoms with Crippen molar-refractivity contribution in [2.75, 3.05) is 0 Å². The van der Waals surface area contributed by atoms with Crippen LogP contribution < -0.4 is 5.69 Å². The second-order valence-corrected chi connectivity index (χ2v) is 7.05. The molecule has 0 aliphatic rings. The molecule has 148 valence electrons. The van der Waals surface area contributed by atoms with E-state index in [1.54, 1.807) is 17.8 Å². The Balaban J connectivity index is 1.62. The maximum absolute atomic E-state index is 12.5. The monoisotopic (exact) mass is 389 g/mol. The Kier molecular flexibility index (Phi) is 5.33. The normalized spacial score (nSPS) is 11.1. The highest BCUT2D eigenvalue weighted by Gasteiger charge is 2.13. The van der Waals surface area contributed by atoms with E-state index in [0.717, 1.165) is 47.3 Å². The number of H-pyrrole nitrogens is 1. The highest BCUT2D eigenvalue weighted by atomic mass is 16.1. The van der Waals surface area contributed by atoms with Gasteiger partial charge in [-0.3, -0.25) is 9.55 Å². The maximum atomic E-state index is 12.5. The smallest absolute Gasteiger partial charge is 0.302 e. The minimum atomic E-state index is 0.0185. The summed E-state index contributed by atoms with van der Waals surface area (Å²) in [4.78, 5) is 17.0. The highest BCUT2D eigenvalue weighted by molar-refractivity contribution is 5.76. The molecular weight excluding hydrogens is 366 g/mol. The van der Waals surface area contributed by atoms with E-state index in [4.69, 9.17) is 0 Å². The summed E-state index contributed by atoms with van der Waals surface area (Å²) < 4.78 is 3.52. The Bertz CT molecular complexity index is 1140. The van der Waals surface area contributed by atoms with Crippen molar-refractivity contribution >= 4 is 0 Å². The van der Waals surface area contributed by atoms with Crippen molar-refractivity contribution < 1.29 is 0 Å². The molecule has 0 amide bonds. The van der Waals surface area contributed by atoms with E-state index >= 15 is 0 Å². The molecule has 1 aromatic carbocycles. The first kappa shape index (κ1) is 18.8. The van der Waals surface area contributed by atoms with Gasteiger partial charge in [0.2, 0.25) is 0 Å². The molecule has 0 saturated heterocycles. The fraction of sp³-hybridized carbons (Fsp3) is 0.286. The number of aromatic nitrogens is 7. The zero-order chi connectivity index (χ0) is 20.2. The number of aryl methyl sites for hydroxylation is 2. The molecule has 0 aliphatic heterocycles. The van der Waals surface area contributed by atoms with Gasteiger partial charge in [-0.25, -0.2) is 9.89 Å². The first-order valence-electron chi connectivity index (χ1n) is 9.71. The number of tetrazole rings is 1. The van der Waals surface area contributed by atoms with Crippen LogP contribution in [-0.4, -0.2) is 34.7 Å². The number of aromatic amines is 1. The standard InChI is InChI=1S/C21H23N7O/c1-3-4-6-17-14-27(2)21(29)28(17)13-15-8-10-16(11-9-15)19-18(7-5-12-22-19)20-23-25-26-24-20/h5,7-12,14H,3-4,6,13H2,1-2H3,(H,23,24,25,26). The average molecular weight is 389 g/mol. The lowest BCUT2D eigenvalue weighted by molar-refractivity contribution is 0.667. The van der Waals surface area contributed by atoms with Crippen LogP contribution in [0, 0.1) is 0 Å². The van der Waals surface area contributed by atoms with Crippen LogP contribution in [-0.2, 0) is 20.0 Å². The predicted molar refractivity (Wildman–Crippen MR) is 110 cm³/mol. The first-order valence-corrected chi connectivity index (χ1v) is 9.71. The molecule has 0 bridgehead atoms. The third-order valence-corrected chi connectivity index (χ3v) is 4.98. The molecule has 8 nitrogen and oxygen atoms in total. The minimum absolute atomic E-state index is 0.0185. The van der Waals surface area contributed by atoms with Crippen molar-refractivity contribution in [3.63, 3.8) is 0 Å². The molecule has 0 saturated carbocycles. The highest BCUT2D eigenvalue weighted by Crippen LogP contribution is 2.27. The molecule has 0 radical (unpaired) electrons. The molecule has 0 unspecified atom stereocenters. The number of hydrogen-bond donors (Lipinski definition) is 1. The van der Waals surface area contributed by atoms with Gasteiger partial charge in [0.25, 0.3) is 0 Å². The van der Waals surface area contributed by atoms with Gasteiger partial charge >= 0.3 is 5.69 Å². The number of unbranched alkanes of at least 4 members (excludes halogenated alkanes) is 1. The number of rotatable bonds is 7. The molecule has 0 atom stereocenters. The summed E-state index contributed by atoms with van der Waals surface area (Å²) in [5, 5.41) is 14.1. The largest absolute Gasteiger partial charge is 0.328 e. The second-order valence-electron chi connectivity index (χ2n) is 7.05. The number of pyridine rings is 1. The van der Waals surface area contributed by atoms with E-state index in [2.05, 4.69) is 32.5 Å². The summed E-state index contributed by atoms with van der Waals surface area (Å²) in [5.74, 6) is 0.577. The van der Waals surface area contributed by atoms with E-state index in [9.17, 15) is 4.79 Å². The Morgan fingerprint density at radius 2 is 1.97 bits per heavy atom. The molecule has 3 heterocycles. The van der Waals surface area contributed by atoms with Crippen molar-refractivity contribution in [2.45, 2.75) is 32.7 Å². The van der Waals surface area contributed by atoms with Crippen molar-refractivity contribution in [1.29, 1.82) is 0 Å². The van der Waals surface area contributed by atoms with Crippen LogP contribution in [0.1, 0.15) is 31.0 Å². The number of benzene rings is 1. The summed E-state index contributed by atoms with van der Waals surface area (Å²) >= 11 is 0. The second kappa shape index (κ2) is 8.22. The van der Waals surface area contributed by atoms with E-state index in [-0.39, 0.29) is 5.69 Å². The van der Waals surface area contributed by atoms with Gasteiger partial charge in [0.05, 0.1) is 12.2 Å². The van der Waals surface area contributed by atoms with E-state index < -0.39 is 0 Å². The molecule has 0 spiro atoms.